The lowest BCUT2D eigenvalue weighted by atomic mass is 10.2. The van der Waals surface area contributed by atoms with E-state index in [0.717, 1.165) is 8.61 Å². The lowest BCUT2D eigenvalue weighted by molar-refractivity contribution is -0.125. The summed E-state index contributed by atoms with van der Waals surface area (Å²) in [6.07, 6.45) is 1.17. The van der Waals surface area contributed by atoms with Crippen molar-refractivity contribution in [1.82, 2.24) is 14.0 Å². The van der Waals surface area contributed by atoms with E-state index in [1.54, 1.807) is 48.5 Å². The van der Waals surface area contributed by atoms with Crippen LogP contribution in [-0.4, -0.2) is 75.5 Å². The van der Waals surface area contributed by atoms with E-state index in [4.69, 9.17) is 4.74 Å². The first-order valence-corrected chi connectivity index (χ1v) is 14.3. The molecule has 4 rings (SSSR count). The van der Waals surface area contributed by atoms with E-state index in [2.05, 4.69) is 10.5 Å². The van der Waals surface area contributed by atoms with Gasteiger partial charge in [0, 0.05) is 25.2 Å². The minimum atomic E-state index is -4.14. The number of methoxy groups -OCH3 is 1. The fourth-order valence-electron chi connectivity index (χ4n) is 3.98. The molecule has 0 aliphatic carbocycles. The maximum atomic E-state index is 13.4. The number of rotatable bonds is 8. The largest absolute Gasteiger partial charge is 0.504 e. The molecule has 2 N–H and O–H groups in total. The van der Waals surface area contributed by atoms with Crippen LogP contribution in [0, 0.1) is 0 Å². The lowest BCUT2D eigenvalue weighted by Gasteiger charge is -2.38. The second kappa shape index (κ2) is 11.3. The number of sulfonamides is 2. The quantitative estimate of drug-likeness (QED) is 0.316. The molecule has 0 spiro atoms. The van der Waals surface area contributed by atoms with E-state index < -0.39 is 38.5 Å². The second-order valence-corrected chi connectivity index (χ2v) is 12.1. The summed E-state index contributed by atoms with van der Waals surface area (Å²) in [7, 11) is -6.75. The van der Waals surface area contributed by atoms with Crippen molar-refractivity contribution in [2.45, 2.75) is 15.8 Å². The van der Waals surface area contributed by atoms with Crippen LogP contribution >= 0.6 is 0 Å². The standard InChI is InChI=1S/C25H26N4O7S2/c1-36-23-14-8-9-19(24(23)30)17-26-27-25(31)22-18-28(37(32,33)20-10-4-2-5-11-20)15-16-29(22)38(34,35)21-12-6-3-7-13-21/h2-14,17,22,30H,15-16,18H2,1H3,(H,27,31)/b26-17-. The van der Waals surface area contributed by atoms with Crippen LogP contribution in [0.1, 0.15) is 5.56 Å². The Morgan fingerprint density at radius 1 is 0.921 bits per heavy atom. The van der Waals surface area contributed by atoms with Crippen LogP contribution in [0.4, 0.5) is 0 Å². The molecule has 1 atom stereocenters. The number of carbonyl (C=O) groups is 1. The van der Waals surface area contributed by atoms with Gasteiger partial charge in [-0.15, -0.1) is 0 Å². The molecule has 1 unspecified atom stereocenters. The Kier molecular flexibility index (Phi) is 8.11. The third kappa shape index (κ3) is 5.55. The van der Waals surface area contributed by atoms with Gasteiger partial charge in [-0.1, -0.05) is 42.5 Å². The molecule has 11 nitrogen and oxygen atoms in total. The Morgan fingerprint density at radius 2 is 1.53 bits per heavy atom. The zero-order valence-electron chi connectivity index (χ0n) is 20.3. The number of para-hydroxylation sites is 1. The lowest BCUT2D eigenvalue weighted by Crippen LogP contribution is -2.60. The molecule has 0 radical (unpaired) electrons. The van der Waals surface area contributed by atoms with Crippen molar-refractivity contribution in [3.63, 3.8) is 0 Å². The van der Waals surface area contributed by atoms with E-state index in [9.17, 15) is 26.7 Å². The summed E-state index contributed by atoms with van der Waals surface area (Å²) in [5.74, 6) is -0.829. The molecule has 0 saturated carbocycles. The van der Waals surface area contributed by atoms with Crippen LogP contribution in [0.5, 0.6) is 11.5 Å². The number of phenolic OH excluding ortho intramolecular Hbond substituents is 1. The Balaban J connectivity index is 1.63. The highest BCUT2D eigenvalue weighted by molar-refractivity contribution is 7.89. The van der Waals surface area contributed by atoms with E-state index >= 15 is 0 Å². The van der Waals surface area contributed by atoms with Crippen LogP contribution in [0.25, 0.3) is 0 Å². The molecule has 13 heteroatoms. The number of ether oxygens (including phenoxy) is 1. The van der Waals surface area contributed by atoms with Crippen LogP contribution in [-0.2, 0) is 24.8 Å². The van der Waals surface area contributed by atoms with Crippen molar-refractivity contribution in [1.29, 1.82) is 0 Å². The van der Waals surface area contributed by atoms with E-state index in [-0.39, 0.29) is 39.9 Å². The van der Waals surface area contributed by atoms with Gasteiger partial charge in [-0.25, -0.2) is 22.3 Å². The van der Waals surface area contributed by atoms with Crippen molar-refractivity contribution in [3.8, 4) is 11.5 Å². The molecule has 1 amide bonds. The maximum absolute atomic E-state index is 13.4. The average Bonchev–Trinajstić information content (AvgIpc) is 2.94. The number of hydrogen-bond acceptors (Lipinski definition) is 8. The van der Waals surface area contributed by atoms with Crippen LogP contribution < -0.4 is 10.2 Å². The summed E-state index contributed by atoms with van der Waals surface area (Å²) in [6.45, 7) is -0.815. The van der Waals surface area contributed by atoms with Gasteiger partial charge in [0.25, 0.3) is 5.91 Å². The van der Waals surface area contributed by atoms with Crippen LogP contribution in [0.3, 0.4) is 0 Å². The van der Waals surface area contributed by atoms with Gasteiger partial charge in [-0.3, -0.25) is 4.79 Å². The fourth-order valence-corrected chi connectivity index (χ4v) is 7.03. The minimum absolute atomic E-state index is 0.0260. The predicted octanol–water partition coefficient (Wildman–Crippen LogP) is 1.61. The van der Waals surface area contributed by atoms with E-state index in [1.165, 1.54) is 43.7 Å². The Labute approximate surface area is 221 Å². The number of aromatic hydroxyl groups is 1. The van der Waals surface area contributed by atoms with Crippen LogP contribution in [0.15, 0.2) is 93.8 Å². The summed E-state index contributed by atoms with van der Waals surface area (Å²) < 4.78 is 60.4. The van der Waals surface area contributed by atoms with Gasteiger partial charge in [-0.2, -0.15) is 13.7 Å². The number of piperazine rings is 1. The highest BCUT2D eigenvalue weighted by Gasteiger charge is 2.43. The zero-order valence-corrected chi connectivity index (χ0v) is 22.0. The molecule has 1 heterocycles. The molecule has 1 saturated heterocycles. The zero-order chi connectivity index (χ0) is 27.3. The molecule has 3 aromatic carbocycles. The first kappa shape index (κ1) is 27.3. The predicted molar refractivity (Wildman–Crippen MR) is 140 cm³/mol. The monoisotopic (exact) mass is 558 g/mol. The van der Waals surface area contributed by atoms with E-state index in [0.29, 0.717) is 0 Å². The van der Waals surface area contributed by atoms with Crippen LogP contribution in [0.2, 0.25) is 0 Å². The molecule has 1 aliphatic heterocycles. The topological polar surface area (TPSA) is 146 Å². The van der Waals surface area contributed by atoms with Crippen molar-refractivity contribution in [3.05, 3.63) is 84.4 Å². The molecule has 3 aromatic rings. The van der Waals surface area contributed by atoms with Gasteiger partial charge in [0.1, 0.15) is 6.04 Å². The van der Waals surface area contributed by atoms with Gasteiger partial charge < -0.3 is 9.84 Å². The number of phenols is 1. The highest BCUT2D eigenvalue weighted by Crippen LogP contribution is 2.28. The number of hydrogen-bond donors (Lipinski definition) is 2. The fraction of sp³-hybridized carbons (Fsp3) is 0.200. The Morgan fingerprint density at radius 3 is 2.13 bits per heavy atom. The molecular formula is C25H26N4O7S2. The SMILES string of the molecule is COc1cccc(/C=N\NC(=O)C2CN(S(=O)(=O)c3ccccc3)CCN2S(=O)(=O)c2ccccc2)c1O. The molecule has 1 aliphatic rings. The molecule has 0 bridgehead atoms. The number of hydrazone groups is 1. The van der Waals surface area contributed by atoms with Gasteiger partial charge >= 0.3 is 0 Å². The van der Waals surface area contributed by atoms with Gasteiger partial charge in [0.05, 0.1) is 23.1 Å². The van der Waals surface area contributed by atoms with Crippen molar-refractivity contribution >= 4 is 32.2 Å². The molecule has 1 fully saturated rings. The number of nitrogens with one attached hydrogen (secondary N) is 1. The van der Waals surface area contributed by atoms with Crippen molar-refractivity contribution < 1.29 is 31.5 Å². The Hall–Kier alpha value is -3.78. The molecular weight excluding hydrogens is 532 g/mol. The number of amides is 1. The number of benzene rings is 3. The highest BCUT2D eigenvalue weighted by atomic mass is 32.2. The maximum Gasteiger partial charge on any atom is 0.259 e. The first-order valence-electron chi connectivity index (χ1n) is 11.5. The molecule has 200 valence electrons. The normalized spacial score (nSPS) is 17.3. The van der Waals surface area contributed by atoms with E-state index in [1.807, 2.05) is 0 Å². The first-order chi connectivity index (χ1) is 18.2. The minimum Gasteiger partial charge on any atom is -0.504 e. The summed E-state index contributed by atoms with van der Waals surface area (Å²) in [4.78, 5) is 13.3. The smallest absolute Gasteiger partial charge is 0.259 e. The van der Waals surface area contributed by atoms with Crippen molar-refractivity contribution in [2.24, 2.45) is 5.10 Å². The third-order valence-corrected chi connectivity index (χ3v) is 9.76. The third-order valence-electron chi connectivity index (χ3n) is 5.96. The summed E-state index contributed by atoms with van der Waals surface area (Å²) in [5.41, 5.74) is 2.53. The Bertz CT molecular complexity index is 1530. The number of nitrogens with zero attached hydrogens (tertiary/aromatic N) is 3. The molecule has 0 aromatic heterocycles. The van der Waals surface area contributed by atoms with Gasteiger partial charge in [0.15, 0.2) is 11.5 Å². The average molecular weight is 559 g/mol. The summed E-state index contributed by atoms with van der Waals surface area (Å²) >= 11 is 0. The van der Waals surface area contributed by atoms with Gasteiger partial charge in [-0.05, 0) is 36.4 Å². The second-order valence-electron chi connectivity index (χ2n) is 8.25. The summed E-state index contributed by atoms with van der Waals surface area (Å²) in [5, 5.41) is 14.1. The molecule has 38 heavy (non-hydrogen) atoms. The van der Waals surface area contributed by atoms with Gasteiger partial charge in [0.2, 0.25) is 20.0 Å². The summed E-state index contributed by atoms with van der Waals surface area (Å²) in [6, 6.07) is 18.6. The van der Waals surface area contributed by atoms with Crippen molar-refractivity contribution in [2.75, 3.05) is 26.7 Å². The number of carbonyl (C=O) groups excluding carboxylic acids is 1.